The Morgan fingerprint density at radius 1 is 1.47 bits per heavy atom. The number of nitrogens with one attached hydrogen (secondary N) is 2. The highest BCUT2D eigenvalue weighted by Gasteiger charge is 2.06. The van der Waals surface area contributed by atoms with Gasteiger partial charge in [0.2, 0.25) is 5.91 Å². The highest BCUT2D eigenvalue weighted by Crippen LogP contribution is 2.00. The number of carbonyl (C=O) groups is 1. The molecular formula is C11H17N3O. The third kappa shape index (κ3) is 4.56. The van der Waals surface area contributed by atoms with Gasteiger partial charge in [-0.3, -0.25) is 9.78 Å². The molecule has 0 spiro atoms. The van der Waals surface area contributed by atoms with Crippen LogP contribution in [0.2, 0.25) is 0 Å². The molecule has 1 atom stereocenters. The number of aromatic nitrogens is 1. The van der Waals surface area contributed by atoms with Crippen LogP contribution in [0, 0.1) is 0 Å². The Morgan fingerprint density at radius 3 is 2.73 bits per heavy atom. The SMILES string of the molecule is CNCC(=O)NC(C)Cc1ccncc1. The number of hydrogen-bond donors (Lipinski definition) is 2. The van der Waals surface area contributed by atoms with Crippen molar-refractivity contribution in [2.75, 3.05) is 13.6 Å². The molecule has 0 aliphatic heterocycles. The van der Waals surface area contributed by atoms with E-state index in [1.165, 1.54) is 5.56 Å². The van der Waals surface area contributed by atoms with Crippen molar-refractivity contribution >= 4 is 5.91 Å². The van der Waals surface area contributed by atoms with Gasteiger partial charge in [-0.15, -0.1) is 0 Å². The predicted molar refractivity (Wildman–Crippen MR) is 59.5 cm³/mol. The van der Waals surface area contributed by atoms with Crippen LogP contribution in [-0.2, 0) is 11.2 Å². The van der Waals surface area contributed by atoms with E-state index in [-0.39, 0.29) is 11.9 Å². The van der Waals surface area contributed by atoms with E-state index >= 15 is 0 Å². The lowest BCUT2D eigenvalue weighted by molar-refractivity contribution is -0.120. The van der Waals surface area contributed by atoms with Crippen molar-refractivity contribution in [2.24, 2.45) is 0 Å². The molecule has 1 aromatic rings. The molecule has 1 aromatic heterocycles. The van der Waals surface area contributed by atoms with Gasteiger partial charge in [-0.25, -0.2) is 0 Å². The fourth-order valence-corrected chi connectivity index (χ4v) is 1.41. The first-order valence-corrected chi connectivity index (χ1v) is 5.05. The number of nitrogens with zero attached hydrogens (tertiary/aromatic N) is 1. The first-order valence-electron chi connectivity index (χ1n) is 5.05. The molecule has 15 heavy (non-hydrogen) atoms. The van der Waals surface area contributed by atoms with Crippen molar-refractivity contribution in [2.45, 2.75) is 19.4 Å². The van der Waals surface area contributed by atoms with Crippen LogP contribution in [0.25, 0.3) is 0 Å². The minimum absolute atomic E-state index is 0.0269. The maximum atomic E-state index is 11.3. The molecule has 1 rings (SSSR count). The van der Waals surface area contributed by atoms with Gasteiger partial charge in [-0.2, -0.15) is 0 Å². The minimum Gasteiger partial charge on any atom is -0.352 e. The molecule has 0 aliphatic rings. The second-order valence-electron chi connectivity index (χ2n) is 3.56. The van der Waals surface area contributed by atoms with Crippen LogP contribution in [0.15, 0.2) is 24.5 Å². The number of rotatable bonds is 5. The van der Waals surface area contributed by atoms with E-state index in [9.17, 15) is 4.79 Å². The average Bonchev–Trinajstić information content (AvgIpc) is 2.19. The van der Waals surface area contributed by atoms with Gasteiger partial charge < -0.3 is 10.6 Å². The third-order valence-corrected chi connectivity index (χ3v) is 2.04. The van der Waals surface area contributed by atoms with Crippen molar-refractivity contribution in [1.29, 1.82) is 0 Å². The van der Waals surface area contributed by atoms with Gasteiger partial charge in [0.25, 0.3) is 0 Å². The van der Waals surface area contributed by atoms with Crippen LogP contribution in [0.3, 0.4) is 0 Å². The lowest BCUT2D eigenvalue weighted by Gasteiger charge is -2.13. The van der Waals surface area contributed by atoms with Crippen molar-refractivity contribution in [3.8, 4) is 0 Å². The van der Waals surface area contributed by atoms with Crippen molar-refractivity contribution in [1.82, 2.24) is 15.6 Å². The Balaban J connectivity index is 2.36. The monoisotopic (exact) mass is 207 g/mol. The normalized spacial score (nSPS) is 12.1. The number of likely N-dealkylation sites (N-methyl/N-ethyl adjacent to an activating group) is 1. The van der Waals surface area contributed by atoms with E-state index in [0.717, 1.165) is 6.42 Å². The molecule has 0 bridgehead atoms. The lowest BCUT2D eigenvalue weighted by atomic mass is 10.1. The Hall–Kier alpha value is -1.42. The van der Waals surface area contributed by atoms with Crippen LogP contribution in [0.4, 0.5) is 0 Å². The van der Waals surface area contributed by atoms with Crippen LogP contribution < -0.4 is 10.6 Å². The summed E-state index contributed by atoms with van der Waals surface area (Å²) in [6.07, 6.45) is 4.35. The van der Waals surface area contributed by atoms with Crippen LogP contribution in [0.1, 0.15) is 12.5 Å². The third-order valence-electron chi connectivity index (χ3n) is 2.04. The second kappa shape index (κ2) is 6.14. The van der Waals surface area contributed by atoms with Gasteiger partial charge in [-0.05, 0) is 38.1 Å². The van der Waals surface area contributed by atoms with Crippen molar-refractivity contribution < 1.29 is 4.79 Å². The topological polar surface area (TPSA) is 54.0 Å². The standard InChI is InChI=1S/C11H17N3O/c1-9(14-11(15)8-12-2)7-10-3-5-13-6-4-10/h3-6,9,12H,7-8H2,1-2H3,(H,14,15). The Bertz CT molecular complexity index is 300. The van der Waals surface area contributed by atoms with E-state index in [2.05, 4.69) is 15.6 Å². The molecule has 2 N–H and O–H groups in total. The summed E-state index contributed by atoms with van der Waals surface area (Å²) in [6, 6.07) is 4.06. The van der Waals surface area contributed by atoms with Gasteiger partial charge in [-0.1, -0.05) is 0 Å². The summed E-state index contributed by atoms with van der Waals surface area (Å²) in [4.78, 5) is 15.2. The molecule has 0 aliphatic carbocycles. The van der Waals surface area contributed by atoms with E-state index < -0.39 is 0 Å². The fourth-order valence-electron chi connectivity index (χ4n) is 1.41. The summed E-state index contributed by atoms with van der Waals surface area (Å²) >= 11 is 0. The van der Waals surface area contributed by atoms with Gasteiger partial charge in [0.05, 0.1) is 6.54 Å². The smallest absolute Gasteiger partial charge is 0.234 e. The molecule has 4 heteroatoms. The summed E-state index contributed by atoms with van der Waals surface area (Å²) in [5.74, 6) is 0.0269. The highest BCUT2D eigenvalue weighted by molar-refractivity contribution is 5.78. The van der Waals surface area contributed by atoms with E-state index in [0.29, 0.717) is 6.54 Å². The van der Waals surface area contributed by atoms with E-state index in [1.807, 2.05) is 19.1 Å². The predicted octanol–water partition coefficient (Wildman–Crippen LogP) is 0.348. The van der Waals surface area contributed by atoms with Crippen LogP contribution in [0.5, 0.6) is 0 Å². The molecule has 82 valence electrons. The van der Waals surface area contributed by atoms with Crippen LogP contribution in [-0.4, -0.2) is 30.5 Å². The zero-order valence-electron chi connectivity index (χ0n) is 9.16. The first-order chi connectivity index (χ1) is 7.22. The minimum atomic E-state index is 0.0269. The maximum Gasteiger partial charge on any atom is 0.234 e. The summed E-state index contributed by atoms with van der Waals surface area (Å²) in [5, 5.41) is 5.72. The number of amides is 1. The summed E-state index contributed by atoms with van der Waals surface area (Å²) < 4.78 is 0. The summed E-state index contributed by atoms with van der Waals surface area (Å²) in [7, 11) is 1.76. The molecule has 4 nitrogen and oxygen atoms in total. The maximum absolute atomic E-state index is 11.3. The number of hydrogen-bond acceptors (Lipinski definition) is 3. The van der Waals surface area contributed by atoms with Gasteiger partial charge >= 0.3 is 0 Å². The largest absolute Gasteiger partial charge is 0.352 e. The molecule has 1 amide bonds. The molecule has 1 heterocycles. The molecule has 0 aromatic carbocycles. The number of pyridine rings is 1. The van der Waals surface area contributed by atoms with E-state index in [1.54, 1.807) is 19.4 Å². The molecule has 0 saturated heterocycles. The highest BCUT2D eigenvalue weighted by atomic mass is 16.1. The average molecular weight is 207 g/mol. The van der Waals surface area contributed by atoms with Gasteiger partial charge in [0.1, 0.15) is 0 Å². The van der Waals surface area contributed by atoms with Gasteiger partial charge in [0.15, 0.2) is 0 Å². The molecule has 0 saturated carbocycles. The molecular weight excluding hydrogens is 190 g/mol. The first kappa shape index (κ1) is 11.7. The van der Waals surface area contributed by atoms with E-state index in [4.69, 9.17) is 0 Å². The van der Waals surface area contributed by atoms with Gasteiger partial charge in [0, 0.05) is 18.4 Å². The Labute approximate surface area is 90.1 Å². The summed E-state index contributed by atoms with van der Waals surface area (Å²) in [6.45, 7) is 2.36. The van der Waals surface area contributed by atoms with Crippen molar-refractivity contribution in [3.05, 3.63) is 30.1 Å². The quantitative estimate of drug-likeness (QED) is 0.732. The zero-order chi connectivity index (χ0) is 11.1. The fraction of sp³-hybridized carbons (Fsp3) is 0.455. The van der Waals surface area contributed by atoms with Crippen molar-refractivity contribution in [3.63, 3.8) is 0 Å². The zero-order valence-corrected chi connectivity index (χ0v) is 9.16. The Morgan fingerprint density at radius 2 is 2.13 bits per heavy atom. The Kier molecular flexibility index (Phi) is 4.77. The number of carbonyl (C=O) groups excluding carboxylic acids is 1. The second-order valence-corrected chi connectivity index (χ2v) is 3.56. The molecule has 1 unspecified atom stereocenters. The molecule has 0 fully saturated rings. The molecule has 0 radical (unpaired) electrons. The lowest BCUT2D eigenvalue weighted by Crippen LogP contribution is -2.39. The van der Waals surface area contributed by atoms with Crippen LogP contribution >= 0.6 is 0 Å². The summed E-state index contributed by atoms with van der Waals surface area (Å²) in [5.41, 5.74) is 1.18.